The van der Waals surface area contributed by atoms with Crippen LogP contribution in [0.2, 0.25) is 0 Å². The van der Waals surface area contributed by atoms with Crippen LogP contribution in [-0.4, -0.2) is 56.0 Å². The van der Waals surface area contributed by atoms with Gasteiger partial charge in [-0.3, -0.25) is 4.79 Å². The lowest BCUT2D eigenvalue weighted by atomic mass is 9.93. The molecule has 4 atom stereocenters. The summed E-state index contributed by atoms with van der Waals surface area (Å²) < 4.78 is 22.3. The second kappa shape index (κ2) is 6.31. The number of fused-ring (bicyclic) bond motifs is 1. The number of hydrogen-bond acceptors (Lipinski definition) is 5. The van der Waals surface area contributed by atoms with Gasteiger partial charge in [-0.2, -0.15) is 0 Å². The molecule has 1 amide bonds. The van der Waals surface area contributed by atoms with E-state index in [-0.39, 0.29) is 30.0 Å². The number of carbonyl (C=O) groups is 2. The van der Waals surface area contributed by atoms with Crippen molar-refractivity contribution in [3.8, 4) is 0 Å². The Morgan fingerprint density at radius 2 is 2.10 bits per heavy atom. The number of aliphatic carboxylic acids is 1. The van der Waals surface area contributed by atoms with Crippen LogP contribution in [0.4, 0.5) is 0 Å². The normalized spacial score (nSPS) is 29.9. The van der Waals surface area contributed by atoms with Gasteiger partial charge in [-0.1, -0.05) is 6.42 Å². The van der Waals surface area contributed by atoms with Crippen LogP contribution >= 0.6 is 0 Å². The van der Waals surface area contributed by atoms with E-state index in [0.29, 0.717) is 5.92 Å². The van der Waals surface area contributed by atoms with Crippen molar-refractivity contribution in [3.05, 3.63) is 0 Å². The molecular formula is C13H22N2O5S. The van der Waals surface area contributed by atoms with Crippen LogP contribution in [0, 0.1) is 11.8 Å². The lowest BCUT2D eigenvalue weighted by molar-refractivity contribution is -0.142. The molecule has 3 N–H and O–H groups in total. The number of sulfone groups is 1. The molecular weight excluding hydrogens is 296 g/mol. The highest BCUT2D eigenvalue weighted by Crippen LogP contribution is 2.37. The van der Waals surface area contributed by atoms with Crippen LogP contribution in [0.1, 0.15) is 25.7 Å². The highest BCUT2D eigenvalue weighted by molar-refractivity contribution is 7.90. The molecule has 0 aromatic heterocycles. The third-order valence-corrected chi connectivity index (χ3v) is 5.40. The molecule has 120 valence electrons. The zero-order valence-corrected chi connectivity index (χ0v) is 12.9. The van der Waals surface area contributed by atoms with Crippen molar-refractivity contribution in [2.75, 3.05) is 18.6 Å². The van der Waals surface area contributed by atoms with Gasteiger partial charge in [0.25, 0.3) is 0 Å². The van der Waals surface area contributed by atoms with Gasteiger partial charge in [0, 0.05) is 6.26 Å². The maximum Gasteiger partial charge on any atom is 0.326 e. The van der Waals surface area contributed by atoms with Gasteiger partial charge in [-0.15, -0.1) is 0 Å². The third-order valence-electron chi connectivity index (χ3n) is 4.42. The first-order chi connectivity index (χ1) is 9.78. The Morgan fingerprint density at radius 1 is 1.38 bits per heavy atom. The van der Waals surface area contributed by atoms with Gasteiger partial charge < -0.3 is 15.7 Å². The third kappa shape index (κ3) is 4.16. The van der Waals surface area contributed by atoms with Gasteiger partial charge in [-0.05, 0) is 37.6 Å². The fourth-order valence-electron chi connectivity index (χ4n) is 3.33. The average Bonchev–Trinajstić information content (AvgIpc) is 2.94. The summed E-state index contributed by atoms with van der Waals surface area (Å²) in [4.78, 5) is 23.4. The smallest absolute Gasteiger partial charge is 0.326 e. The monoisotopic (exact) mass is 318 g/mol. The van der Waals surface area contributed by atoms with E-state index in [1.165, 1.54) is 0 Å². The van der Waals surface area contributed by atoms with Gasteiger partial charge in [0.15, 0.2) is 0 Å². The Kier molecular flexibility index (Phi) is 4.88. The molecule has 2 aliphatic rings. The SMILES string of the molecule is CS(=O)(=O)CCC(NC(=O)C1NCC2CCCC21)C(=O)O. The van der Waals surface area contributed by atoms with Crippen molar-refractivity contribution in [2.45, 2.75) is 37.8 Å². The van der Waals surface area contributed by atoms with Crippen LogP contribution in [-0.2, 0) is 19.4 Å². The average molecular weight is 318 g/mol. The second-order valence-corrected chi connectivity index (χ2v) is 8.32. The van der Waals surface area contributed by atoms with Gasteiger partial charge in [0.2, 0.25) is 5.91 Å². The van der Waals surface area contributed by atoms with Crippen molar-refractivity contribution in [1.82, 2.24) is 10.6 Å². The maximum atomic E-state index is 12.2. The Balaban J connectivity index is 1.93. The summed E-state index contributed by atoms with van der Waals surface area (Å²) in [5, 5.41) is 14.7. The standard InChI is InChI=1S/C13H22N2O5S/c1-21(19,20)6-5-10(13(17)18)15-12(16)11-9-4-2-3-8(9)7-14-11/h8-11,14H,2-7H2,1H3,(H,15,16)(H,17,18). The van der Waals surface area contributed by atoms with Crippen molar-refractivity contribution in [1.29, 1.82) is 0 Å². The number of carbonyl (C=O) groups excluding carboxylic acids is 1. The lowest BCUT2D eigenvalue weighted by Gasteiger charge is -2.21. The molecule has 1 aliphatic heterocycles. The number of amides is 1. The topological polar surface area (TPSA) is 113 Å². The lowest BCUT2D eigenvalue weighted by Crippen LogP contribution is -2.50. The zero-order valence-electron chi connectivity index (χ0n) is 12.0. The Bertz CT molecular complexity index is 519. The summed E-state index contributed by atoms with van der Waals surface area (Å²) in [6, 6.07) is -1.51. The maximum absolute atomic E-state index is 12.2. The molecule has 1 saturated carbocycles. The highest BCUT2D eigenvalue weighted by atomic mass is 32.2. The van der Waals surface area contributed by atoms with Crippen LogP contribution in [0.15, 0.2) is 0 Å². The summed E-state index contributed by atoms with van der Waals surface area (Å²) in [6.45, 7) is 0.795. The fraction of sp³-hybridized carbons (Fsp3) is 0.846. The van der Waals surface area contributed by atoms with E-state index in [4.69, 9.17) is 5.11 Å². The zero-order chi connectivity index (χ0) is 15.6. The molecule has 0 aromatic rings. The van der Waals surface area contributed by atoms with Gasteiger partial charge in [-0.25, -0.2) is 13.2 Å². The van der Waals surface area contributed by atoms with Gasteiger partial charge in [0.05, 0.1) is 11.8 Å². The van der Waals surface area contributed by atoms with Gasteiger partial charge in [0.1, 0.15) is 15.9 Å². The number of carboxylic acids is 1. The molecule has 2 rings (SSSR count). The van der Waals surface area contributed by atoms with Crippen molar-refractivity contribution >= 4 is 21.7 Å². The summed E-state index contributed by atoms with van der Waals surface area (Å²) in [5.41, 5.74) is 0. The van der Waals surface area contributed by atoms with Crippen molar-refractivity contribution < 1.29 is 23.1 Å². The predicted octanol–water partition coefficient (Wildman–Crippen LogP) is -0.621. The van der Waals surface area contributed by atoms with Crippen molar-refractivity contribution in [2.24, 2.45) is 11.8 Å². The Labute approximate surface area is 124 Å². The molecule has 0 spiro atoms. The molecule has 0 bridgehead atoms. The summed E-state index contributed by atoms with van der Waals surface area (Å²) in [7, 11) is -3.25. The molecule has 4 unspecified atom stereocenters. The van der Waals surface area contributed by atoms with E-state index in [2.05, 4.69) is 10.6 Å². The van der Waals surface area contributed by atoms with Gasteiger partial charge >= 0.3 is 5.97 Å². The minimum Gasteiger partial charge on any atom is -0.480 e. The Hall–Kier alpha value is -1.15. The van der Waals surface area contributed by atoms with E-state index < -0.39 is 21.8 Å². The minimum absolute atomic E-state index is 0.110. The molecule has 1 saturated heterocycles. The second-order valence-electron chi connectivity index (χ2n) is 6.06. The number of nitrogens with one attached hydrogen (secondary N) is 2. The number of carboxylic acid groups (broad SMARTS) is 1. The first-order valence-corrected chi connectivity index (χ1v) is 9.28. The van der Waals surface area contributed by atoms with Crippen LogP contribution in [0.5, 0.6) is 0 Å². The molecule has 21 heavy (non-hydrogen) atoms. The molecule has 7 nitrogen and oxygen atoms in total. The van der Waals surface area contributed by atoms with Crippen LogP contribution in [0.3, 0.4) is 0 Å². The molecule has 1 heterocycles. The van der Waals surface area contributed by atoms with Crippen LogP contribution in [0.25, 0.3) is 0 Å². The Morgan fingerprint density at radius 3 is 2.71 bits per heavy atom. The van der Waals surface area contributed by atoms with E-state index in [0.717, 1.165) is 32.1 Å². The largest absolute Gasteiger partial charge is 0.480 e. The highest BCUT2D eigenvalue weighted by Gasteiger charge is 2.43. The summed E-state index contributed by atoms with van der Waals surface area (Å²) in [5.74, 6) is -1.01. The van der Waals surface area contributed by atoms with E-state index in [1.54, 1.807) is 0 Å². The van der Waals surface area contributed by atoms with E-state index >= 15 is 0 Å². The van der Waals surface area contributed by atoms with Crippen LogP contribution < -0.4 is 10.6 Å². The quantitative estimate of drug-likeness (QED) is 0.601. The van der Waals surface area contributed by atoms with E-state index in [9.17, 15) is 18.0 Å². The molecule has 1 aliphatic carbocycles. The molecule has 2 fully saturated rings. The van der Waals surface area contributed by atoms with E-state index in [1.807, 2.05) is 0 Å². The fourth-order valence-corrected chi connectivity index (χ4v) is 3.99. The predicted molar refractivity (Wildman–Crippen MR) is 76.5 cm³/mol. The minimum atomic E-state index is -3.25. The summed E-state index contributed by atoms with van der Waals surface area (Å²) in [6.07, 6.45) is 4.14. The first-order valence-electron chi connectivity index (χ1n) is 7.22. The summed E-state index contributed by atoms with van der Waals surface area (Å²) >= 11 is 0. The molecule has 8 heteroatoms. The number of rotatable bonds is 6. The number of hydrogen-bond donors (Lipinski definition) is 3. The van der Waals surface area contributed by atoms with Crippen molar-refractivity contribution in [3.63, 3.8) is 0 Å². The first kappa shape index (κ1) is 16.2. The molecule has 0 radical (unpaired) electrons. The molecule has 0 aromatic carbocycles.